The van der Waals surface area contributed by atoms with Crippen LogP contribution in [0.2, 0.25) is 0 Å². The number of nitrogens with zero attached hydrogens (tertiary/aromatic N) is 4. The summed E-state index contributed by atoms with van der Waals surface area (Å²) in [6, 6.07) is 9.14. The molecule has 5 heteroatoms. The number of carbonyl (C=O) groups is 1. The number of carbonyl (C=O) groups excluding carboxylic acids is 1. The van der Waals surface area contributed by atoms with Gasteiger partial charge < -0.3 is 4.90 Å². The Morgan fingerprint density at radius 2 is 1.74 bits per heavy atom. The van der Waals surface area contributed by atoms with Crippen molar-refractivity contribution in [3.8, 4) is 6.07 Å². The average Bonchev–Trinajstić information content (AvgIpc) is 3.16. The Hall–Kier alpha value is -1.90. The summed E-state index contributed by atoms with van der Waals surface area (Å²) in [6.07, 6.45) is 5.77. The normalized spacial score (nSPS) is 19.1. The van der Waals surface area contributed by atoms with Crippen LogP contribution in [0.25, 0.3) is 0 Å². The maximum absolute atomic E-state index is 13.0. The number of amides is 1. The Morgan fingerprint density at radius 3 is 2.33 bits per heavy atom. The highest BCUT2D eigenvalue weighted by Gasteiger charge is 2.27. The second-order valence-corrected chi connectivity index (χ2v) is 8.05. The van der Waals surface area contributed by atoms with Gasteiger partial charge in [-0.05, 0) is 49.9 Å². The lowest BCUT2D eigenvalue weighted by atomic mass is 10.1. The highest BCUT2D eigenvalue weighted by Crippen LogP contribution is 2.24. The molecule has 5 nitrogen and oxygen atoms in total. The van der Waals surface area contributed by atoms with Crippen LogP contribution in [-0.4, -0.2) is 61.0 Å². The largest absolute Gasteiger partial charge is 0.310 e. The Balaban J connectivity index is 1.60. The number of piperazine rings is 1. The van der Waals surface area contributed by atoms with Crippen molar-refractivity contribution in [1.82, 2.24) is 9.80 Å². The zero-order chi connectivity index (χ0) is 19.2. The van der Waals surface area contributed by atoms with Crippen LogP contribution >= 0.6 is 0 Å². The molecule has 1 amide bonds. The van der Waals surface area contributed by atoms with Crippen molar-refractivity contribution in [2.24, 2.45) is 0 Å². The molecule has 1 aliphatic heterocycles. The van der Waals surface area contributed by atoms with Gasteiger partial charge >= 0.3 is 0 Å². The number of hydrogen-bond acceptors (Lipinski definition) is 4. The van der Waals surface area contributed by atoms with Crippen molar-refractivity contribution >= 4 is 11.6 Å². The van der Waals surface area contributed by atoms with E-state index in [-0.39, 0.29) is 5.91 Å². The summed E-state index contributed by atoms with van der Waals surface area (Å²) in [5.74, 6) is 0.101. The molecule has 1 aliphatic carbocycles. The van der Waals surface area contributed by atoms with Gasteiger partial charge in [-0.3, -0.25) is 14.6 Å². The maximum atomic E-state index is 13.0. The second-order valence-electron chi connectivity index (χ2n) is 8.05. The average molecular weight is 369 g/mol. The van der Waals surface area contributed by atoms with E-state index >= 15 is 0 Å². The third kappa shape index (κ3) is 5.31. The van der Waals surface area contributed by atoms with Gasteiger partial charge in [0.2, 0.25) is 5.91 Å². The van der Waals surface area contributed by atoms with Gasteiger partial charge in [-0.2, -0.15) is 5.26 Å². The molecule has 2 aliphatic rings. The molecule has 1 heterocycles. The van der Waals surface area contributed by atoms with E-state index in [1.807, 2.05) is 26.0 Å². The molecule has 0 N–H and O–H groups in total. The first-order valence-electron chi connectivity index (χ1n) is 10.3. The fraction of sp³-hybridized carbons (Fsp3) is 0.636. The molecule has 0 radical (unpaired) electrons. The molecule has 0 aromatic heterocycles. The molecular formula is C22H32N4O. The van der Waals surface area contributed by atoms with E-state index in [9.17, 15) is 4.79 Å². The molecule has 1 aromatic carbocycles. The van der Waals surface area contributed by atoms with Crippen LogP contribution < -0.4 is 4.90 Å². The van der Waals surface area contributed by atoms with Crippen molar-refractivity contribution < 1.29 is 4.79 Å². The highest BCUT2D eigenvalue weighted by molar-refractivity contribution is 5.95. The van der Waals surface area contributed by atoms with Crippen molar-refractivity contribution in [3.05, 3.63) is 29.3 Å². The predicted molar refractivity (Wildman–Crippen MR) is 109 cm³/mol. The lowest BCUT2D eigenvalue weighted by Gasteiger charge is -2.38. The van der Waals surface area contributed by atoms with Crippen LogP contribution in [0.3, 0.4) is 0 Å². The smallest absolute Gasteiger partial charge is 0.241 e. The van der Waals surface area contributed by atoms with Crippen LogP contribution in [0.5, 0.6) is 0 Å². The van der Waals surface area contributed by atoms with Crippen LogP contribution in [0.15, 0.2) is 18.2 Å². The van der Waals surface area contributed by atoms with E-state index in [0.717, 1.165) is 49.0 Å². The molecule has 0 spiro atoms. The second kappa shape index (κ2) is 9.34. The van der Waals surface area contributed by atoms with Crippen molar-refractivity contribution in [3.63, 3.8) is 0 Å². The fourth-order valence-electron chi connectivity index (χ4n) is 4.50. The Morgan fingerprint density at radius 1 is 1.11 bits per heavy atom. The van der Waals surface area contributed by atoms with E-state index in [1.54, 1.807) is 4.90 Å². The van der Waals surface area contributed by atoms with Gasteiger partial charge in [0.15, 0.2) is 0 Å². The lowest BCUT2D eigenvalue weighted by Crippen LogP contribution is -2.52. The van der Waals surface area contributed by atoms with E-state index in [1.165, 1.54) is 25.7 Å². The third-order valence-electron chi connectivity index (χ3n) is 5.87. The zero-order valence-corrected chi connectivity index (χ0v) is 16.8. The molecule has 1 saturated heterocycles. The van der Waals surface area contributed by atoms with Crippen molar-refractivity contribution in [2.45, 2.75) is 52.0 Å². The summed E-state index contributed by atoms with van der Waals surface area (Å²) < 4.78 is 0. The SMILES string of the molecule is Cc1cc(C)cc(N(CCC#N)C(=O)CN2CCN(C3CCCC3)CC2)c1. The molecule has 0 unspecified atom stereocenters. The van der Waals surface area contributed by atoms with Crippen LogP contribution in [0, 0.1) is 25.2 Å². The first-order chi connectivity index (χ1) is 13.1. The van der Waals surface area contributed by atoms with E-state index in [2.05, 4.69) is 21.9 Å². The quantitative estimate of drug-likeness (QED) is 0.774. The number of nitriles is 1. The molecular weight excluding hydrogens is 336 g/mol. The van der Waals surface area contributed by atoms with Gasteiger partial charge in [0.25, 0.3) is 0 Å². The minimum absolute atomic E-state index is 0.101. The van der Waals surface area contributed by atoms with Gasteiger partial charge in [-0.1, -0.05) is 18.9 Å². The monoisotopic (exact) mass is 368 g/mol. The first-order valence-corrected chi connectivity index (χ1v) is 10.3. The zero-order valence-electron chi connectivity index (χ0n) is 16.8. The van der Waals surface area contributed by atoms with Gasteiger partial charge in [0.05, 0.1) is 19.0 Å². The Kier molecular flexibility index (Phi) is 6.87. The van der Waals surface area contributed by atoms with E-state index < -0.39 is 0 Å². The van der Waals surface area contributed by atoms with Gasteiger partial charge in [0.1, 0.15) is 0 Å². The van der Waals surface area contributed by atoms with Gasteiger partial charge in [0, 0.05) is 44.5 Å². The minimum atomic E-state index is 0.101. The Labute approximate surface area is 163 Å². The maximum Gasteiger partial charge on any atom is 0.241 e. The van der Waals surface area contributed by atoms with Crippen LogP contribution in [-0.2, 0) is 4.79 Å². The minimum Gasteiger partial charge on any atom is -0.310 e. The van der Waals surface area contributed by atoms with Gasteiger partial charge in [-0.25, -0.2) is 0 Å². The summed E-state index contributed by atoms with van der Waals surface area (Å²) in [5.41, 5.74) is 3.20. The standard InChI is InChI=1S/C22H32N4O/c1-18-14-19(2)16-21(15-18)26(9-5-8-23)22(27)17-24-10-12-25(13-11-24)20-6-3-4-7-20/h14-16,20H,3-7,9-13,17H2,1-2H3. The number of anilines is 1. The van der Waals surface area contributed by atoms with E-state index in [4.69, 9.17) is 5.26 Å². The summed E-state index contributed by atoms with van der Waals surface area (Å²) in [7, 11) is 0. The topological polar surface area (TPSA) is 50.6 Å². The Bertz CT molecular complexity index is 662. The third-order valence-corrected chi connectivity index (χ3v) is 5.87. The van der Waals surface area contributed by atoms with Crippen LogP contribution in [0.4, 0.5) is 5.69 Å². The predicted octanol–water partition coefficient (Wildman–Crippen LogP) is 3.11. The van der Waals surface area contributed by atoms with Crippen molar-refractivity contribution in [1.29, 1.82) is 5.26 Å². The molecule has 2 fully saturated rings. The van der Waals surface area contributed by atoms with Crippen LogP contribution in [0.1, 0.15) is 43.2 Å². The summed E-state index contributed by atoms with van der Waals surface area (Å²) in [5, 5.41) is 9.00. The first kappa shape index (κ1) is 19.9. The summed E-state index contributed by atoms with van der Waals surface area (Å²) in [6.45, 7) is 9.05. The van der Waals surface area contributed by atoms with E-state index in [0.29, 0.717) is 19.5 Å². The number of rotatable bonds is 6. The number of aryl methyl sites for hydroxylation is 2. The molecule has 27 heavy (non-hydrogen) atoms. The number of benzene rings is 1. The molecule has 3 rings (SSSR count). The summed E-state index contributed by atoms with van der Waals surface area (Å²) in [4.78, 5) is 19.7. The molecule has 0 atom stereocenters. The molecule has 0 bridgehead atoms. The highest BCUT2D eigenvalue weighted by atomic mass is 16.2. The van der Waals surface area contributed by atoms with Crippen molar-refractivity contribution in [2.75, 3.05) is 44.2 Å². The fourth-order valence-corrected chi connectivity index (χ4v) is 4.50. The number of hydrogen-bond donors (Lipinski definition) is 0. The molecule has 1 saturated carbocycles. The lowest BCUT2D eigenvalue weighted by molar-refractivity contribution is -0.120. The van der Waals surface area contributed by atoms with Gasteiger partial charge in [-0.15, -0.1) is 0 Å². The molecule has 1 aromatic rings. The molecule has 146 valence electrons. The summed E-state index contributed by atoms with van der Waals surface area (Å²) >= 11 is 0.